The summed E-state index contributed by atoms with van der Waals surface area (Å²) < 4.78 is 30.7. The van der Waals surface area contributed by atoms with Gasteiger partial charge in [0.25, 0.3) is 0 Å². The molecule has 0 aromatic heterocycles. The molecular weight excluding hydrogens is 416 g/mol. The van der Waals surface area contributed by atoms with Gasteiger partial charge in [-0.1, -0.05) is 29.3 Å². The molecule has 0 saturated carbocycles. The van der Waals surface area contributed by atoms with Crippen molar-refractivity contribution >= 4 is 44.9 Å². The number of sulfonamides is 1. The standard InChI is InChI=1S/C20H23ClN2O5S/c1-5-28-20(25)17-12-15(8-11-18(17)21)22-19(24)14(3)23(29(4,26)27)16-9-6-13(2)7-10-16/h6-12,14H,5H2,1-4H3,(H,22,24)/t14-/m1/s1. The molecule has 156 valence electrons. The second kappa shape index (κ2) is 9.28. The predicted octanol–water partition coefficient (Wildman–Crippen LogP) is 3.62. The molecule has 0 unspecified atom stereocenters. The van der Waals surface area contributed by atoms with Gasteiger partial charge in [-0.3, -0.25) is 9.10 Å². The second-order valence-corrected chi connectivity index (χ2v) is 8.74. The van der Waals surface area contributed by atoms with Crippen LogP contribution in [0.25, 0.3) is 0 Å². The Balaban J connectivity index is 2.29. The Hall–Kier alpha value is -2.58. The first-order valence-corrected chi connectivity index (χ1v) is 11.1. The zero-order valence-electron chi connectivity index (χ0n) is 16.6. The molecule has 0 bridgehead atoms. The summed E-state index contributed by atoms with van der Waals surface area (Å²) in [7, 11) is -3.73. The van der Waals surface area contributed by atoms with E-state index in [1.165, 1.54) is 25.1 Å². The lowest BCUT2D eigenvalue weighted by Gasteiger charge is -2.28. The fourth-order valence-corrected chi connectivity index (χ4v) is 4.09. The number of rotatable bonds is 7. The van der Waals surface area contributed by atoms with Gasteiger partial charge in [-0.05, 0) is 51.1 Å². The summed E-state index contributed by atoms with van der Waals surface area (Å²) in [4.78, 5) is 24.7. The maximum Gasteiger partial charge on any atom is 0.339 e. The minimum atomic E-state index is -3.73. The molecular formula is C20H23ClN2O5S. The van der Waals surface area contributed by atoms with E-state index in [0.29, 0.717) is 11.4 Å². The van der Waals surface area contributed by atoms with Crippen molar-refractivity contribution in [3.63, 3.8) is 0 Å². The van der Waals surface area contributed by atoms with Crippen molar-refractivity contribution in [3.8, 4) is 0 Å². The van der Waals surface area contributed by atoms with Crippen molar-refractivity contribution in [2.45, 2.75) is 26.8 Å². The summed E-state index contributed by atoms with van der Waals surface area (Å²) >= 11 is 6.03. The molecule has 7 nitrogen and oxygen atoms in total. The predicted molar refractivity (Wildman–Crippen MR) is 114 cm³/mol. The number of esters is 1. The van der Waals surface area contributed by atoms with Crippen molar-refractivity contribution in [1.29, 1.82) is 0 Å². The summed E-state index contributed by atoms with van der Waals surface area (Å²) in [5, 5.41) is 2.82. The molecule has 9 heteroatoms. The number of carbonyl (C=O) groups is 2. The van der Waals surface area contributed by atoms with E-state index in [1.807, 2.05) is 6.92 Å². The lowest BCUT2D eigenvalue weighted by atomic mass is 10.2. The van der Waals surface area contributed by atoms with Crippen molar-refractivity contribution in [3.05, 3.63) is 58.6 Å². The Morgan fingerprint density at radius 2 is 1.79 bits per heavy atom. The number of carbonyl (C=O) groups excluding carboxylic acids is 2. The highest BCUT2D eigenvalue weighted by Crippen LogP contribution is 2.24. The Morgan fingerprint density at radius 1 is 1.17 bits per heavy atom. The number of nitrogens with one attached hydrogen (secondary N) is 1. The third-order valence-electron chi connectivity index (χ3n) is 4.11. The Labute approximate surface area is 175 Å². The minimum absolute atomic E-state index is 0.109. The van der Waals surface area contributed by atoms with Crippen LogP contribution in [0.3, 0.4) is 0 Å². The van der Waals surface area contributed by atoms with E-state index in [2.05, 4.69) is 5.32 Å². The number of halogens is 1. The molecule has 0 fully saturated rings. The van der Waals surface area contributed by atoms with Crippen LogP contribution in [-0.4, -0.2) is 39.2 Å². The van der Waals surface area contributed by atoms with Crippen molar-refractivity contribution in [1.82, 2.24) is 0 Å². The molecule has 1 N–H and O–H groups in total. The molecule has 0 heterocycles. The highest BCUT2D eigenvalue weighted by atomic mass is 35.5. The highest BCUT2D eigenvalue weighted by Gasteiger charge is 2.29. The van der Waals surface area contributed by atoms with Crippen LogP contribution < -0.4 is 9.62 Å². The van der Waals surface area contributed by atoms with Crippen LogP contribution in [-0.2, 0) is 19.6 Å². The highest BCUT2D eigenvalue weighted by molar-refractivity contribution is 7.92. The molecule has 2 aromatic carbocycles. The monoisotopic (exact) mass is 438 g/mol. The van der Waals surface area contributed by atoms with E-state index >= 15 is 0 Å². The van der Waals surface area contributed by atoms with Crippen LogP contribution in [0.4, 0.5) is 11.4 Å². The number of benzene rings is 2. The topological polar surface area (TPSA) is 92.8 Å². The van der Waals surface area contributed by atoms with Crippen LogP contribution in [0.2, 0.25) is 5.02 Å². The van der Waals surface area contributed by atoms with Crippen LogP contribution >= 0.6 is 11.6 Å². The van der Waals surface area contributed by atoms with Gasteiger partial charge >= 0.3 is 5.97 Å². The Bertz CT molecular complexity index is 1010. The number of aryl methyl sites for hydroxylation is 1. The van der Waals surface area contributed by atoms with Crippen LogP contribution in [0.5, 0.6) is 0 Å². The lowest BCUT2D eigenvalue weighted by Crippen LogP contribution is -2.45. The molecule has 1 atom stereocenters. The number of hydrogen-bond acceptors (Lipinski definition) is 5. The molecule has 0 aliphatic rings. The minimum Gasteiger partial charge on any atom is -0.462 e. The second-order valence-electron chi connectivity index (χ2n) is 6.47. The van der Waals surface area contributed by atoms with Crippen LogP contribution in [0.15, 0.2) is 42.5 Å². The van der Waals surface area contributed by atoms with Crippen molar-refractivity contribution in [2.75, 3.05) is 22.5 Å². The van der Waals surface area contributed by atoms with Crippen molar-refractivity contribution < 1.29 is 22.7 Å². The molecule has 2 aromatic rings. The smallest absolute Gasteiger partial charge is 0.339 e. The van der Waals surface area contributed by atoms with E-state index in [1.54, 1.807) is 31.2 Å². The summed E-state index contributed by atoms with van der Waals surface area (Å²) in [6.07, 6.45) is 1.04. The summed E-state index contributed by atoms with van der Waals surface area (Å²) in [6.45, 7) is 5.22. The largest absolute Gasteiger partial charge is 0.462 e. The van der Waals surface area contributed by atoms with Gasteiger partial charge in [0.15, 0.2) is 0 Å². The van der Waals surface area contributed by atoms with E-state index < -0.39 is 27.9 Å². The molecule has 29 heavy (non-hydrogen) atoms. The summed E-state index contributed by atoms with van der Waals surface area (Å²) in [5.41, 5.74) is 1.75. The third kappa shape index (κ3) is 5.71. The summed E-state index contributed by atoms with van der Waals surface area (Å²) in [6, 6.07) is 10.2. The molecule has 0 aliphatic heterocycles. The molecule has 0 aliphatic carbocycles. The van der Waals surface area contributed by atoms with Crippen LogP contribution in [0.1, 0.15) is 29.8 Å². The zero-order valence-corrected chi connectivity index (χ0v) is 18.2. The fourth-order valence-electron chi connectivity index (χ4n) is 2.72. The third-order valence-corrected chi connectivity index (χ3v) is 5.68. The SMILES string of the molecule is CCOC(=O)c1cc(NC(=O)[C@@H](C)N(c2ccc(C)cc2)S(C)(=O)=O)ccc1Cl. The maximum atomic E-state index is 12.8. The van der Waals surface area contributed by atoms with Gasteiger partial charge in [0, 0.05) is 5.69 Å². The van der Waals surface area contributed by atoms with Gasteiger partial charge in [-0.2, -0.15) is 0 Å². The average molecular weight is 439 g/mol. The lowest BCUT2D eigenvalue weighted by molar-refractivity contribution is -0.116. The van der Waals surface area contributed by atoms with Gasteiger partial charge in [-0.25, -0.2) is 13.2 Å². The molecule has 0 saturated heterocycles. The van der Waals surface area contributed by atoms with Gasteiger partial charge in [0.2, 0.25) is 15.9 Å². The zero-order chi connectivity index (χ0) is 21.8. The molecule has 0 radical (unpaired) electrons. The van der Waals surface area contributed by atoms with E-state index in [0.717, 1.165) is 16.1 Å². The Kier molecular flexibility index (Phi) is 7.26. The van der Waals surface area contributed by atoms with E-state index in [4.69, 9.17) is 16.3 Å². The molecule has 0 spiro atoms. The first-order valence-electron chi connectivity index (χ1n) is 8.88. The normalized spacial score (nSPS) is 12.2. The average Bonchev–Trinajstić information content (AvgIpc) is 2.64. The number of ether oxygens (including phenoxy) is 1. The number of nitrogens with zero attached hydrogens (tertiary/aromatic N) is 1. The summed E-state index contributed by atoms with van der Waals surface area (Å²) in [5.74, 6) is -1.17. The molecule has 1 amide bonds. The van der Waals surface area contributed by atoms with Crippen LogP contribution in [0, 0.1) is 6.92 Å². The number of amides is 1. The number of anilines is 2. The number of hydrogen-bond donors (Lipinski definition) is 1. The van der Waals surface area contributed by atoms with E-state index in [-0.39, 0.29) is 17.2 Å². The van der Waals surface area contributed by atoms with E-state index in [9.17, 15) is 18.0 Å². The first-order chi connectivity index (χ1) is 13.5. The Morgan fingerprint density at radius 3 is 2.34 bits per heavy atom. The first kappa shape index (κ1) is 22.7. The van der Waals surface area contributed by atoms with Gasteiger partial charge in [0.05, 0.1) is 29.1 Å². The van der Waals surface area contributed by atoms with Gasteiger partial charge in [-0.15, -0.1) is 0 Å². The van der Waals surface area contributed by atoms with Gasteiger partial charge < -0.3 is 10.1 Å². The maximum absolute atomic E-state index is 12.8. The molecule has 2 rings (SSSR count). The van der Waals surface area contributed by atoms with Gasteiger partial charge in [0.1, 0.15) is 6.04 Å². The van der Waals surface area contributed by atoms with Crippen molar-refractivity contribution in [2.24, 2.45) is 0 Å². The quantitative estimate of drug-likeness (QED) is 0.666. The fraction of sp³-hybridized carbons (Fsp3) is 0.300.